The maximum atomic E-state index is 12.5. The molecule has 2 rings (SSSR count). The molecule has 1 aromatic rings. The fourth-order valence-electron chi connectivity index (χ4n) is 2.95. The van der Waals surface area contributed by atoms with Crippen LogP contribution in [0.1, 0.15) is 25.3 Å². The minimum absolute atomic E-state index is 0.0321. The number of amides is 1. The summed E-state index contributed by atoms with van der Waals surface area (Å²) >= 11 is 0. The molecule has 5 nitrogen and oxygen atoms in total. The van der Waals surface area contributed by atoms with Gasteiger partial charge in [0, 0.05) is 18.2 Å². The average molecular weight is 327 g/mol. The number of benzene rings is 1. The molecule has 0 unspecified atom stereocenters. The van der Waals surface area contributed by atoms with E-state index in [9.17, 15) is 23.5 Å². The van der Waals surface area contributed by atoms with Crippen LogP contribution in [0.3, 0.4) is 0 Å². The van der Waals surface area contributed by atoms with Crippen LogP contribution < -0.4 is 4.74 Å². The molecule has 1 fully saturated rings. The number of rotatable bonds is 5. The zero-order chi connectivity index (χ0) is 17.0. The van der Waals surface area contributed by atoms with Gasteiger partial charge in [-0.1, -0.05) is 18.2 Å². The predicted molar refractivity (Wildman–Crippen MR) is 78.3 cm³/mol. The Morgan fingerprint density at radius 2 is 2.09 bits per heavy atom. The lowest BCUT2D eigenvalue weighted by Gasteiger charge is -2.37. The lowest BCUT2D eigenvalue weighted by Crippen LogP contribution is -2.49. The topological polar surface area (TPSA) is 66.8 Å². The smallest absolute Gasteiger partial charge is 0.387 e. The number of piperidine rings is 1. The molecule has 1 aromatic carbocycles. The second-order valence-electron chi connectivity index (χ2n) is 5.58. The lowest BCUT2D eigenvalue weighted by molar-refractivity contribution is -0.148. The molecule has 2 atom stereocenters. The quantitative estimate of drug-likeness (QED) is 0.902. The van der Waals surface area contributed by atoms with E-state index in [0.717, 1.165) is 0 Å². The fourth-order valence-corrected chi connectivity index (χ4v) is 2.95. The number of ether oxygens (including phenoxy) is 1. The summed E-state index contributed by atoms with van der Waals surface area (Å²) in [6.45, 7) is -0.782. The Morgan fingerprint density at radius 3 is 2.74 bits per heavy atom. The Kier molecular flexibility index (Phi) is 5.52. The van der Waals surface area contributed by atoms with E-state index < -0.39 is 24.5 Å². The van der Waals surface area contributed by atoms with E-state index in [1.807, 2.05) is 0 Å². The molecular formula is C16H19F2NO4. The summed E-state index contributed by atoms with van der Waals surface area (Å²) in [7, 11) is 0. The third-order valence-corrected chi connectivity index (χ3v) is 4.16. The number of carboxylic acids is 1. The summed E-state index contributed by atoms with van der Waals surface area (Å²) in [6, 6.07) is 5.71. The van der Waals surface area contributed by atoms with Crippen LogP contribution in [0.2, 0.25) is 0 Å². The van der Waals surface area contributed by atoms with E-state index in [1.54, 1.807) is 25.1 Å². The maximum absolute atomic E-state index is 12.5. The Hall–Kier alpha value is -2.18. The monoisotopic (exact) mass is 327 g/mol. The standard InChI is InChI=1S/C16H19F2NO4/c1-10-12(15(21)22)6-4-8-19(10)14(20)9-11-5-2-3-7-13(11)23-16(17)18/h2-3,5,7,10,12,16H,4,6,8-9H2,1H3,(H,21,22)/t10-,12-/m1/s1. The van der Waals surface area contributed by atoms with Crippen LogP contribution in [0, 0.1) is 5.92 Å². The van der Waals surface area contributed by atoms with Gasteiger partial charge in [-0.3, -0.25) is 9.59 Å². The number of para-hydroxylation sites is 1. The predicted octanol–water partition coefficient (Wildman–Crippen LogP) is 2.54. The molecule has 0 spiro atoms. The zero-order valence-corrected chi connectivity index (χ0v) is 12.7. The van der Waals surface area contributed by atoms with Crippen molar-refractivity contribution in [2.45, 2.75) is 38.8 Å². The van der Waals surface area contributed by atoms with Crippen molar-refractivity contribution in [3.63, 3.8) is 0 Å². The summed E-state index contributed by atoms with van der Waals surface area (Å²) in [5.74, 6) is -1.83. The number of aliphatic carboxylic acids is 1. The highest BCUT2D eigenvalue weighted by Crippen LogP contribution is 2.26. The number of hydrogen-bond donors (Lipinski definition) is 1. The summed E-state index contributed by atoms with van der Waals surface area (Å²) in [4.78, 5) is 25.2. The minimum Gasteiger partial charge on any atom is -0.481 e. The number of alkyl halides is 2. The molecule has 1 amide bonds. The van der Waals surface area contributed by atoms with Gasteiger partial charge < -0.3 is 14.7 Å². The van der Waals surface area contributed by atoms with Crippen molar-refractivity contribution in [2.24, 2.45) is 5.92 Å². The first-order chi connectivity index (χ1) is 10.9. The minimum atomic E-state index is -2.96. The van der Waals surface area contributed by atoms with E-state index in [2.05, 4.69) is 4.74 Å². The Labute approximate surface area is 132 Å². The molecule has 0 radical (unpaired) electrons. The number of hydrogen-bond acceptors (Lipinski definition) is 3. The van der Waals surface area contributed by atoms with Crippen LogP contribution in [0.5, 0.6) is 5.75 Å². The first-order valence-electron chi connectivity index (χ1n) is 7.45. The molecule has 0 bridgehead atoms. The average Bonchev–Trinajstić information content (AvgIpc) is 2.48. The molecule has 1 aliphatic rings. The molecule has 0 aromatic heterocycles. The van der Waals surface area contributed by atoms with Gasteiger partial charge in [-0.2, -0.15) is 8.78 Å². The molecule has 0 saturated carbocycles. The first-order valence-corrected chi connectivity index (χ1v) is 7.45. The third kappa shape index (κ3) is 4.18. The van der Waals surface area contributed by atoms with Crippen LogP contribution in [0.25, 0.3) is 0 Å². The molecule has 0 aliphatic carbocycles. The molecule has 1 saturated heterocycles. The largest absolute Gasteiger partial charge is 0.481 e. The summed E-state index contributed by atoms with van der Waals surface area (Å²) in [5.41, 5.74) is 0.363. The van der Waals surface area contributed by atoms with Crippen LogP contribution in [0.15, 0.2) is 24.3 Å². The molecule has 7 heteroatoms. The normalized spacial score (nSPS) is 21.3. The van der Waals surface area contributed by atoms with Crippen LogP contribution in [-0.4, -0.2) is 41.1 Å². The molecule has 23 heavy (non-hydrogen) atoms. The number of carboxylic acid groups (broad SMARTS) is 1. The second kappa shape index (κ2) is 7.39. The van der Waals surface area contributed by atoms with Gasteiger partial charge in [0.1, 0.15) is 5.75 Å². The van der Waals surface area contributed by atoms with Crippen molar-refractivity contribution in [3.05, 3.63) is 29.8 Å². The number of halogens is 2. The van der Waals surface area contributed by atoms with Crippen molar-refractivity contribution in [2.75, 3.05) is 6.54 Å². The van der Waals surface area contributed by atoms with Gasteiger partial charge in [-0.25, -0.2) is 0 Å². The Morgan fingerprint density at radius 1 is 1.39 bits per heavy atom. The van der Waals surface area contributed by atoms with Crippen LogP contribution in [-0.2, 0) is 16.0 Å². The van der Waals surface area contributed by atoms with Gasteiger partial charge in [-0.15, -0.1) is 0 Å². The van der Waals surface area contributed by atoms with Gasteiger partial charge in [-0.05, 0) is 25.8 Å². The van der Waals surface area contributed by atoms with Crippen LogP contribution >= 0.6 is 0 Å². The van der Waals surface area contributed by atoms with E-state index >= 15 is 0 Å². The van der Waals surface area contributed by atoms with E-state index in [1.165, 1.54) is 11.0 Å². The van der Waals surface area contributed by atoms with Gasteiger partial charge in [0.2, 0.25) is 5.91 Å². The van der Waals surface area contributed by atoms with Gasteiger partial charge >= 0.3 is 12.6 Å². The van der Waals surface area contributed by atoms with Crippen molar-refractivity contribution in [3.8, 4) is 5.75 Å². The number of carbonyl (C=O) groups is 2. The maximum Gasteiger partial charge on any atom is 0.387 e. The lowest BCUT2D eigenvalue weighted by atomic mass is 9.90. The van der Waals surface area contributed by atoms with Gasteiger partial charge in [0.25, 0.3) is 0 Å². The van der Waals surface area contributed by atoms with Crippen molar-refractivity contribution < 1.29 is 28.2 Å². The van der Waals surface area contributed by atoms with Crippen LogP contribution in [0.4, 0.5) is 8.78 Å². The Bertz CT molecular complexity index is 579. The van der Waals surface area contributed by atoms with Crippen molar-refractivity contribution >= 4 is 11.9 Å². The van der Waals surface area contributed by atoms with E-state index in [4.69, 9.17) is 0 Å². The van der Waals surface area contributed by atoms with E-state index in [-0.39, 0.29) is 18.1 Å². The summed E-state index contributed by atoms with van der Waals surface area (Å²) in [6.07, 6.45) is 1.05. The Balaban J connectivity index is 2.11. The number of nitrogens with zero attached hydrogens (tertiary/aromatic N) is 1. The molecule has 1 aliphatic heterocycles. The summed E-state index contributed by atoms with van der Waals surface area (Å²) in [5, 5.41) is 9.20. The number of likely N-dealkylation sites (tertiary alicyclic amines) is 1. The highest BCUT2D eigenvalue weighted by atomic mass is 19.3. The summed E-state index contributed by atoms with van der Waals surface area (Å²) < 4.78 is 29.2. The third-order valence-electron chi connectivity index (χ3n) is 4.16. The highest BCUT2D eigenvalue weighted by molar-refractivity contribution is 5.81. The highest BCUT2D eigenvalue weighted by Gasteiger charge is 2.35. The van der Waals surface area contributed by atoms with Crippen molar-refractivity contribution in [1.82, 2.24) is 4.90 Å². The fraction of sp³-hybridized carbons (Fsp3) is 0.500. The van der Waals surface area contributed by atoms with Gasteiger partial charge in [0.15, 0.2) is 0 Å². The molecule has 1 heterocycles. The first kappa shape index (κ1) is 17.2. The molecular weight excluding hydrogens is 308 g/mol. The number of carbonyl (C=O) groups excluding carboxylic acids is 1. The molecule has 126 valence electrons. The van der Waals surface area contributed by atoms with E-state index in [0.29, 0.717) is 24.9 Å². The second-order valence-corrected chi connectivity index (χ2v) is 5.58. The SMILES string of the molecule is C[C@@H]1[C@H](C(=O)O)CCCN1C(=O)Cc1ccccc1OC(F)F. The van der Waals surface area contributed by atoms with Gasteiger partial charge in [0.05, 0.1) is 12.3 Å². The zero-order valence-electron chi connectivity index (χ0n) is 12.7. The van der Waals surface area contributed by atoms with Crippen molar-refractivity contribution in [1.29, 1.82) is 0 Å². The molecule has 1 N–H and O–H groups in total.